The summed E-state index contributed by atoms with van der Waals surface area (Å²) in [7, 11) is 0. The first-order valence-electron chi connectivity index (χ1n) is 9.54. The van der Waals surface area contributed by atoms with Gasteiger partial charge in [0.1, 0.15) is 18.2 Å². The SMILES string of the molecule is O=[N+]([O-])c1ccc(-c2csc(N/N=C/c3cccc(OCc4ccccc4F)c3)n2)cc1. The van der Waals surface area contributed by atoms with E-state index in [1.807, 2.05) is 17.5 Å². The summed E-state index contributed by atoms with van der Waals surface area (Å²) in [6, 6.07) is 20.0. The maximum absolute atomic E-state index is 13.7. The van der Waals surface area contributed by atoms with Gasteiger partial charge in [-0.3, -0.25) is 15.5 Å². The second-order valence-electron chi connectivity index (χ2n) is 6.66. The van der Waals surface area contributed by atoms with Gasteiger partial charge in [0.05, 0.1) is 16.8 Å². The van der Waals surface area contributed by atoms with Crippen molar-refractivity contribution in [2.75, 3.05) is 5.43 Å². The summed E-state index contributed by atoms with van der Waals surface area (Å²) in [6.07, 6.45) is 1.63. The van der Waals surface area contributed by atoms with Gasteiger partial charge in [-0.15, -0.1) is 11.3 Å². The van der Waals surface area contributed by atoms with E-state index < -0.39 is 4.92 Å². The van der Waals surface area contributed by atoms with E-state index in [-0.39, 0.29) is 18.1 Å². The molecule has 1 aromatic heterocycles. The van der Waals surface area contributed by atoms with Crippen LogP contribution in [0.15, 0.2) is 83.3 Å². The number of thiazole rings is 1. The third-order valence-electron chi connectivity index (χ3n) is 4.46. The molecule has 0 aliphatic rings. The number of rotatable bonds is 8. The summed E-state index contributed by atoms with van der Waals surface area (Å²) >= 11 is 1.37. The second kappa shape index (κ2) is 9.80. The van der Waals surface area contributed by atoms with E-state index in [2.05, 4.69) is 15.5 Å². The van der Waals surface area contributed by atoms with Gasteiger partial charge in [0.25, 0.3) is 5.69 Å². The van der Waals surface area contributed by atoms with Crippen LogP contribution in [0.1, 0.15) is 11.1 Å². The van der Waals surface area contributed by atoms with Gasteiger partial charge in [-0.1, -0.05) is 30.3 Å². The average molecular weight is 448 g/mol. The third kappa shape index (κ3) is 5.32. The molecule has 0 atom stereocenters. The van der Waals surface area contributed by atoms with Crippen molar-refractivity contribution in [3.63, 3.8) is 0 Å². The van der Waals surface area contributed by atoms with E-state index in [4.69, 9.17) is 4.74 Å². The van der Waals surface area contributed by atoms with Crippen LogP contribution in [0.4, 0.5) is 15.2 Å². The van der Waals surface area contributed by atoms with E-state index in [1.54, 1.807) is 48.7 Å². The molecule has 0 aliphatic carbocycles. The van der Waals surface area contributed by atoms with E-state index in [0.29, 0.717) is 22.1 Å². The Balaban J connectivity index is 1.36. The Labute approximate surface area is 187 Å². The summed E-state index contributed by atoms with van der Waals surface area (Å²) in [5.41, 5.74) is 5.68. The number of anilines is 1. The summed E-state index contributed by atoms with van der Waals surface area (Å²) in [5, 5.41) is 17.4. The lowest BCUT2D eigenvalue weighted by Crippen LogP contribution is -1.98. The number of nitro benzene ring substituents is 1. The molecule has 0 fully saturated rings. The van der Waals surface area contributed by atoms with Crippen molar-refractivity contribution in [2.45, 2.75) is 6.61 Å². The van der Waals surface area contributed by atoms with Gasteiger partial charge in [0.15, 0.2) is 0 Å². The van der Waals surface area contributed by atoms with Crippen LogP contribution in [-0.4, -0.2) is 16.1 Å². The van der Waals surface area contributed by atoms with Gasteiger partial charge >= 0.3 is 0 Å². The number of halogens is 1. The number of nitrogens with zero attached hydrogens (tertiary/aromatic N) is 3. The predicted molar refractivity (Wildman–Crippen MR) is 123 cm³/mol. The van der Waals surface area contributed by atoms with Crippen molar-refractivity contribution in [3.05, 3.63) is 105 Å². The molecule has 3 aromatic carbocycles. The number of hydrogen-bond acceptors (Lipinski definition) is 7. The minimum Gasteiger partial charge on any atom is -0.489 e. The zero-order valence-corrected chi connectivity index (χ0v) is 17.5. The highest BCUT2D eigenvalue weighted by atomic mass is 32.1. The number of aromatic nitrogens is 1. The Morgan fingerprint density at radius 2 is 1.94 bits per heavy atom. The van der Waals surface area contributed by atoms with Crippen molar-refractivity contribution in [3.8, 4) is 17.0 Å². The van der Waals surface area contributed by atoms with Crippen LogP contribution in [0.3, 0.4) is 0 Å². The molecule has 160 valence electrons. The zero-order chi connectivity index (χ0) is 22.3. The van der Waals surface area contributed by atoms with Crippen LogP contribution in [0.25, 0.3) is 11.3 Å². The van der Waals surface area contributed by atoms with E-state index in [0.717, 1.165) is 11.1 Å². The molecule has 9 heteroatoms. The first kappa shape index (κ1) is 21.1. The van der Waals surface area contributed by atoms with Crippen molar-refractivity contribution >= 4 is 28.4 Å². The van der Waals surface area contributed by atoms with E-state index in [1.165, 1.54) is 29.5 Å². The van der Waals surface area contributed by atoms with Crippen LogP contribution in [0.5, 0.6) is 5.75 Å². The quantitative estimate of drug-likeness (QED) is 0.206. The second-order valence-corrected chi connectivity index (χ2v) is 7.52. The topological polar surface area (TPSA) is 89.7 Å². The molecule has 0 amide bonds. The molecule has 1 heterocycles. The molecule has 7 nitrogen and oxygen atoms in total. The molecular weight excluding hydrogens is 431 g/mol. The van der Waals surface area contributed by atoms with Crippen LogP contribution < -0.4 is 10.2 Å². The van der Waals surface area contributed by atoms with Crippen LogP contribution in [0, 0.1) is 15.9 Å². The monoisotopic (exact) mass is 448 g/mol. The summed E-state index contributed by atoms with van der Waals surface area (Å²) < 4.78 is 19.4. The molecule has 0 aliphatic heterocycles. The van der Waals surface area contributed by atoms with Crippen LogP contribution in [0.2, 0.25) is 0 Å². The number of ether oxygens (including phenoxy) is 1. The van der Waals surface area contributed by atoms with Crippen LogP contribution >= 0.6 is 11.3 Å². The molecule has 0 radical (unpaired) electrons. The Morgan fingerprint density at radius 3 is 2.72 bits per heavy atom. The van der Waals surface area contributed by atoms with Crippen molar-refractivity contribution < 1.29 is 14.1 Å². The fourth-order valence-corrected chi connectivity index (χ4v) is 3.50. The molecule has 0 unspecified atom stereocenters. The summed E-state index contributed by atoms with van der Waals surface area (Å²) in [4.78, 5) is 14.8. The maximum Gasteiger partial charge on any atom is 0.269 e. The van der Waals surface area contributed by atoms with E-state index >= 15 is 0 Å². The Kier molecular flexibility index (Phi) is 6.47. The molecule has 1 N–H and O–H groups in total. The lowest BCUT2D eigenvalue weighted by Gasteiger charge is -2.07. The standard InChI is InChI=1S/C23H17FN4O3S/c24-21-7-2-1-5-18(21)14-31-20-6-3-4-16(12-20)13-25-27-23-26-22(15-32-23)17-8-10-19(11-9-17)28(29)30/h1-13,15H,14H2,(H,26,27)/b25-13+. The minimum absolute atomic E-state index is 0.0343. The average Bonchev–Trinajstić information content (AvgIpc) is 3.28. The first-order chi connectivity index (χ1) is 15.6. The lowest BCUT2D eigenvalue weighted by atomic mass is 10.1. The summed E-state index contributed by atoms with van der Waals surface area (Å²) in [6.45, 7) is 0.135. The Morgan fingerprint density at radius 1 is 1.12 bits per heavy atom. The Bertz CT molecular complexity index is 1260. The highest BCUT2D eigenvalue weighted by molar-refractivity contribution is 7.14. The normalized spacial score (nSPS) is 10.9. The fraction of sp³-hybridized carbons (Fsp3) is 0.0435. The van der Waals surface area contributed by atoms with Crippen molar-refractivity contribution in [2.24, 2.45) is 5.10 Å². The highest BCUT2D eigenvalue weighted by Crippen LogP contribution is 2.26. The molecule has 0 bridgehead atoms. The largest absolute Gasteiger partial charge is 0.489 e. The molecule has 0 saturated heterocycles. The van der Waals surface area contributed by atoms with Gasteiger partial charge in [-0.2, -0.15) is 5.10 Å². The number of hydrogen-bond donors (Lipinski definition) is 1. The predicted octanol–water partition coefficient (Wildman–Crippen LogP) is 5.88. The number of hydrazone groups is 1. The fourth-order valence-electron chi connectivity index (χ4n) is 2.83. The molecule has 0 spiro atoms. The molecule has 32 heavy (non-hydrogen) atoms. The van der Waals surface area contributed by atoms with Crippen molar-refractivity contribution in [1.82, 2.24) is 4.98 Å². The zero-order valence-electron chi connectivity index (χ0n) is 16.6. The van der Waals surface area contributed by atoms with Gasteiger partial charge in [-0.25, -0.2) is 9.37 Å². The molecule has 4 rings (SSSR count). The van der Waals surface area contributed by atoms with Crippen LogP contribution in [-0.2, 0) is 6.61 Å². The van der Waals surface area contributed by atoms with E-state index in [9.17, 15) is 14.5 Å². The molecule has 4 aromatic rings. The smallest absolute Gasteiger partial charge is 0.269 e. The number of non-ortho nitro benzene ring substituents is 1. The Hall–Kier alpha value is -4.11. The number of nitrogens with one attached hydrogen (secondary N) is 1. The van der Waals surface area contributed by atoms with Gasteiger partial charge in [0, 0.05) is 28.6 Å². The lowest BCUT2D eigenvalue weighted by molar-refractivity contribution is -0.384. The van der Waals surface area contributed by atoms with Gasteiger partial charge < -0.3 is 4.74 Å². The maximum atomic E-state index is 13.7. The molecular formula is C23H17FN4O3S. The van der Waals surface area contributed by atoms with Crippen molar-refractivity contribution in [1.29, 1.82) is 0 Å². The summed E-state index contributed by atoms with van der Waals surface area (Å²) in [5.74, 6) is 0.304. The third-order valence-corrected chi connectivity index (χ3v) is 5.21. The highest BCUT2D eigenvalue weighted by Gasteiger charge is 2.08. The van der Waals surface area contributed by atoms with Gasteiger partial charge in [-0.05, 0) is 35.9 Å². The van der Waals surface area contributed by atoms with Gasteiger partial charge in [0.2, 0.25) is 5.13 Å². The minimum atomic E-state index is -0.438. The number of benzene rings is 3. The number of nitro groups is 1. The molecule has 0 saturated carbocycles. The first-order valence-corrected chi connectivity index (χ1v) is 10.4.